The van der Waals surface area contributed by atoms with Crippen molar-refractivity contribution in [2.75, 3.05) is 0 Å². The molecule has 0 amide bonds. The first-order valence-electron chi connectivity index (χ1n) is 7.58. The summed E-state index contributed by atoms with van der Waals surface area (Å²) in [6, 6.07) is 5.09. The van der Waals surface area contributed by atoms with Crippen LogP contribution in [0.4, 0.5) is 4.39 Å². The van der Waals surface area contributed by atoms with Crippen molar-refractivity contribution in [3.63, 3.8) is 0 Å². The number of sulfonamides is 1. The molecule has 1 aliphatic carbocycles. The summed E-state index contributed by atoms with van der Waals surface area (Å²) in [5.74, 6) is -0.128. The van der Waals surface area contributed by atoms with Gasteiger partial charge in [0.1, 0.15) is 5.82 Å². The van der Waals surface area contributed by atoms with Crippen molar-refractivity contribution in [1.29, 1.82) is 0 Å². The fourth-order valence-electron chi connectivity index (χ4n) is 2.81. The Bertz CT molecular complexity index is 771. The molecular formula is C14H18FN5O2S. The van der Waals surface area contributed by atoms with Gasteiger partial charge in [-0.1, -0.05) is 25.3 Å². The molecule has 1 aromatic heterocycles. The van der Waals surface area contributed by atoms with E-state index in [0.717, 1.165) is 31.7 Å². The van der Waals surface area contributed by atoms with E-state index in [-0.39, 0.29) is 17.5 Å². The van der Waals surface area contributed by atoms with Gasteiger partial charge >= 0.3 is 0 Å². The average molecular weight is 339 g/mol. The molecule has 0 atom stereocenters. The second-order valence-electron chi connectivity index (χ2n) is 5.61. The van der Waals surface area contributed by atoms with Gasteiger partial charge in [-0.15, -0.1) is 5.10 Å². The van der Waals surface area contributed by atoms with Crippen molar-refractivity contribution in [2.24, 2.45) is 0 Å². The number of hydrogen-bond acceptors (Lipinski definition) is 5. The van der Waals surface area contributed by atoms with Gasteiger partial charge in [0.15, 0.2) is 5.82 Å². The van der Waals surface area contributed by atoms with Crippen LogP contribution in [0.1, 0.15) is 44.0 Å². The van der Waals surface area contributed by atoms with Gasteiger partial charge in [-0.3, -0.25) is 0 Å². The lowest BCUT2D eigenvalue weighted by atomic mass is 9.96. The average Bonchev–Trinajstić information content (AvgIpc) is 3.02. The molecule has 1 aliphatic rings. The maximum absolute atomic E-state index is 13.2. The standard InChI is InChI=1S/C14H18FN5O2S/c15-11-5-4-8-13(9-11)23(21,22)16-10-14-17-18-19-20(14)12-6-2-1-3-7-12/h4-5,8-9,12,16H,1-3,6-7,10H2. The van der Waals surface area contributed by atoms with E-state index in [1.807, 2.05) is 0 Å². The van der Waals surface area contributed by atoms with E-state index in [1.54, 1.807) is 4.68 Å². The molecule has 0 bridgehead atoms. The lowest BCUT2D eigenvalue weighted by Crippen LogP contribution is -2.26. The summed E-state index contributed by atoms with van der Waals surface area (Å²) in [5, 5.41) is 11.5. The molecule has 0 saturated heterocycles. The van der Waals surface area contributed by atoms with E-state index in [0.29, 0.717) is 5.82 Å². The lowest BCUT2D eigenvalue weighted by Gasteiger charge is -2.22. The van der Waals surface area contributed by atoms with Gasteiger partial charge in [0.05, 0.1) is 17.5 Å². The van der Waals surface area contributed by atoms with Crippen molar-refractivity contribution in [3.05, 3.63) is 35.9 Å². The summed E-state index contributed by atoms with van der Waals surface area (Å²) in [7, 11) is -3.81. The molecule has 1 saturated carbocycles. The fourth-order valence-corrected chi connectivity index (χ4v) is 3.83. The van der Waals surface area contributed by atoms with E-state index in [4.69, 9.17) is 0 Å². The van der Waals surface area contributed by atoms with E-state index in [1.165, 1.54) is 24.6 Å². The van der Waals surface area contributed by atoms with Crippen molar-refractivity contribution in [3.8, 4) is 0 Å². The van der Waals surface area contributed by atoms with Crippen LogP contribution in [0.15, 0.2) is 29.2 Å². The first kappa shape index (κ1) is 16.0. The van der Waals surface area contributed by atoms with Crippen LogP contribution < -0.4 is 4.72 Å². The van der Waals surface area contributed by atoms with E-state index in [2.05, 4.69) is 20.2 Å². The first-order valence-corrected chi connectivity index (χ1v) is 9.06. The third kappa shape index (κ3) is 3.73. The lowest BCUT2D eigenvalue weighted by molar-refractivity contribution is 0.316. The second kappa shape index (κ2) is 6.71. The minimum absolute atomic E-state index is 0.0254. The van der Waals surface area contributed by atoms with Crippen LogP contribution >= 0.6 is 0 Å². The largest absolute Gasteiger partial charge is 0.241 e. The zero-order chi connectivity index (χ0) is 16.3. The molecule has 7 nitrogen and oxygen atoms in total. The number of nitrogens with zero attached hydrogens (tertiary/aromatic N) is 4. The van der Waals surface area contributed by atoms with Crippen LogP contribution in [0.2, 0.25) is 0 Å². The Morgan fingerprint density at radius 2 is 2.04 bits per heavy atom. The highest BCUT2D eigenvalue weighted by Gasteiger charge is 2.21. The van der Waals surface area contributed by atoms with Gasteiger partial charge in [-0.2, -0.15) is 0 Å². The highest BCUT2D eigenvalue weighted by Crippen LogP contribution is 2.27. The molecule has 0 aliphatic heterocycles. The van der Waals surface area contributed by atoms with E-state index < -0.39 is 15.8 Å². The molecule has 1 heterocycles. The summed E-state index contributed by atoms with van der Waals surface area (Å²) in [4.78, 5) is -0.116. The zero-order valence-electron chi connectivity index (χ0n) is 12.5. The highest BCUT2D eigenvalue weighted by atomic mass is 32.2. The zero-order valence-corrected chi connectivity index (χ0v) is 13.3. The van der Waals surface area contributed by atoms with Gasteiger partial charge in [0, 0.05) is 0 Å². The number of rotatable bonds is 5. The summed E-state index contributed by atoms with van der Waals surface area (Å²) in [6.07, 6.45) is 5.45. The Labute approximate surface area is 133 Å². The normalized spacial score (nSPS) is 16.6. The molecule has 3 rings (SSSR count). The van der Waals surface area contributed by atoms with Crippen molar-refractivity contribution in [2.45, 2.75) is 49.6 Å². The summed E-state index contributed by atoms with van der Waals surface area (Å²) in [5.41, 5.74) is 0. The molecule has 1 aromatic carbocycles. The van der Waals surface area contributed by atoms with Crippen molar-refractivity contribution < 1.29 is 12.8 Å². The van der Waals surface area contributed by atoms with Gasteiger partial charge in [-0.05, 0) is 41.5 Å². The van der Waals surface area contributed by atoms with E-state index >= 15 is 0 Å². The maximum Gasteiger partial charge on any atom is 0.241 e. The van der Waals surface area contributed by atoms with Crippen LogP contribution in [0, 0.1) is 5.82 Å². The van der Waals surface area contributed by atoms with Gasteiger partial charge in [0.25, 0.3) is 0 Å². The van der Waals surface area contributed by atoms with Gasteiger partial charge in [0.2, 0.25) is 10.0 Å². The highest BCUT2D eigenvalue weighted by molar-refractivity contribution is 7.89. The molecular weight excluding hydrogens is 321 g/mol. The Morgan fingerprint density at radius 3 is 2.78 bits per heavy atom. The topological polar surface area (TPSA) is 89.8 Å². The molecule has 0 radical (unpaired) electrons. The summed E-state index contributed by atoms with van der Waals surface area (Å²) >= 11 is 0. The van der Waals surface area contributed by atoms with Crippen molar-refractivity contribution in [1.82, 2.24) is 24.9 Å². The van der Waals surface area contributed by atoms with Crippen molar-refractivity contribution >= 4 is 10.0 Å². The summed E-state index contributed by atoms with van der Waals surface area (Å²) in [6.45, 7) is -0.0254. The number of aromatic nitrogens is 4. The second-order valence-corrected chi connectivity index (χ2v) is 7.38. The fraction of sp³-hybridized carbons (Fsp3) is 0.500. The number of halogens is 1. The number of nitrogens with one attached hydrogen (secondary N) is 1. The molecule has 0 unspecified atom stereocenters. The van der Waals surface area contributed by atoms with Gasteiger partial charge in [-0.25, -0.2) is 22.2 Å². The Hall–Kier alpha value is -1.87. The molecule has 23 heavy (non-hydrogen) atoms. The predicted molar refractivity (Wildman–Crippen MR) is 80.4 cm³/mol. The molecule has 9 heteroatoms. The quantitative estimate of drug-likeness (QED) is 0.897. The van der Waals surface area contributed by atoms with Crippen LogP contribution in [0.3, 0.4) is 0 Å². The molecule has 124 valence electrons. The van der Waals surface area contributed by atoms with Crippen LogP contribution in [-0.2, 0) is 16.6 Å². The number of hydrogen-bond donors (Lipinski definition) is 1. The first-order chi connectivity index (χ1) is 11.1. The van der Waals surface area contributed by atoms with Crippen LogP contribution in [0.25, 0.3) is 0 Å². The number of benzene rings is 1. The van der Waals surface area contributed by atoms with E-state index in [9.17, 15) is 12.8 Å². The smallest absolute Gasteiger partial charge is 0.225 e. The number of tetrazole rings is 1. The monoisotopic (exact) mass is 339 g/mol. The Morgan fingerprint density at radius 1 is 1.26 bits per heavy atom. The Balaban J connectivity index is 1.72. The van der Waals surface area contributed by atoms with Gasteiger partial charge < -0.3 is 0 Å². The predicted octanol–water partition coefficient (Wildman–Crippen LogP) is 1.80. The third-order valence-corrected chi connectivity index (χ3v) is 5.41. The summed E-state index contributed by atoms with van der Waals surface area (Å²) < 4.78 is 41.7. The third-order valence-electron chi connectivity index (χ3n) is 4.01. The van der Waals surface area contributed by atoms with Crippen LogP contribution in [-0.4, -0.2) is 28.6 Å². The SMILES string of the molecule is O=S(=O)(NCc1nnnn1C1CCCCC1)c1cccc(F)c1. The molecule has 2 aromatic rings. The Kier molecular flexibility index (Phi) is 4.67. The van der Waals surface area contributed by atoms with Crippen LogP contribution in [0.5, 0.6) is 0 Å². The molecule has 1 N–H and O–H groups in total. The molecule has 1 fully saturated rings. The maximum atomic E-state index is 13.2. The minimum atomic E-state index is -3.81. The molecule has 0 spiro atoms. The minimum Gasteiger partial charge on any atom is -0.225 e.